The van der Waals surface area contributed by atoms with Crippen molar-refractivity contribution in [1.82, 2.24) is 13.6 Å². The number of aryl methyl sites for hydroxylation is 2. The van der Waals surface area contributed by atoms with Crippen LogP contribution in [0.25, 0.3) is 0 Å². The van der Waals surface area contributed by atoms with Gasteiger partial charge in [0.05, 0.1) is 12.2 Å². The van der Waals surface area contributed by atoms with Gasteiger partial charge >= 0.3 is 0 Å². The van der Waals surface area contributed by atoms with Crippen molar-refractivity contribution in [2.75, 3.05) is 20.1 Å². The zero-order valence-electron chi connectivity index (χ0n) is 13.4. The van der Waals surface area contributed by atoms with E-state index in [9.17, 15) is 8.42 Å². The Morgan fingerprint density at radius 3 is 2.64 bits per heavy atom. The Morgan fingerprint density at radius 2 is 1.95 bits per heavy atom. The van der Waals surface area contributed by atoms with Gasteiger partial charge in [-0.3, -0.25) is 0 Å². The molecule has 1 aliphatic carbocycles. The zero-order valence-corrected chi connectivity index (χ0v) is 15.0. The average molecular weight is 344 g/mol. The minimum Gasteiger partial charge on any atom is -0.245 e. The van der Waals surface area contributed by atoms with Crippen LogP contribution in [-0.2, 0) is 29.6 Å². The van der Waals surface area contributed by atoms with Crippen molar-refractivity contribution in [3.63, 3.8) is 0 Å². The molecule has 2 aliphatic rings. The summed E-state index contributed by atoms with van der Waals surface area (Å²) in [4.78, 5) is 6.02. The number of piperidine rings is 1. The van der Waals surface area contributed by atoms with Crippen molar-refractivity contribution < 1.29 is 8.42 Å². The normalized spacial score (nSPS) is 21.2. The van der Waals surface area contributed by atoms with Crippen molar-refractivity contribution in [1.29, 1.82) is 0 Å². The molecule has 0 atom stereocenters. The van der Waals surface area contributed by atoms with Crippen molar-refractivity contribution in [3.05, 3.63) is 15.6 Å². The Morgan fingerprint density at radius 1 is 1.27 bits per heavy atom. The largest absolute Gasteiger partial charge is 0.282 e. The summed E-state index contributed by atoms with van der Waals surface area (Å²) >= 11 is 1.69. The fraction of sp³-hybridized carbons (Fsp3) is 0.800. The third-order valence-electron chi connectivity index (χ3n) is 4.71. The summed E-state index contributed by atoms with van der Waals surface area (Å²) in [5.74, 6) is 0.627. The maximum Gasteiger partial charge on any atom is 0.282 e. The molecule has 1 aliphatic heterocycles. The second-order valence-corrected chi connectivity index (χ2v) is 9.73. The van der Waals surface area contributed by atoms with Gasteiger partial charge in [-0.25, -0.2) is 4.98 Å². The highest BCUT2D eigenvalue weighted by molar-refractivity contribution is 7.86. The van der Waals surface area contributed by atoms with Crippen molar-refractivity contribution >= 4 is 21.5 Å². The summed E-state index contributed by atoms with van der Waals surface area (Å²) in [7, 11) is -1.68. The maximum absolute atomic E-state index is 12.7. The van der Waals surface area contributed by atoms with Gasteiger partial charge in [-0.2, -0.15) is 17.0 Å². The van der Waals surface area contributed by atoms with E-state index < -0.39 is 10.2 Å². The SMILES string of the molecule is CC1CCN(S(=O)(=O)N(C)Cc2nc3c(s2)CCCC3)CC1. The second kappa shape index (κ2) is 6.55. The summed E-state index contributed by atoms with van der Waals surface area (Å²) in [5.41, 5.74) is 1.20. The lowest BCUT2D eigenvalue weighted by Crippen LogP contribution is -2.45. The highest BCUT2D eigenvalue weighted by Crippen LogP contribution is 2.28. The van der Waals surface area contributed by atoms with Crippen molar-refractivity contribution in [2.24, 2.45) is 5.92 Å². The first-order valence-electron chi connectivity index (χ1n) is 8.15. The maximum atomic E-state index is 12.7. The minimum atomic E-state index is -3.35. The Kier molecular flexibility index (Phi) is 4.87. The molecule has 0 saturated carbocycles. The molecule has 1 fully saturated rings. The number of fused-ring (bicyclic) bond motifs is 1. The number of nitrogens with zero attached hydrogens (tertiary/aromatic N) is 3. The molecule has 7 heteroatoms. The number of hydrogen-bond donors (Lipinski definition) is 0. The molecule has 0 radical (unpaired) electrons. The molecule has 2 heterocycles. The van der Waals surface area contributed by atoms with Crippen molar-refractivity contribution in [3.8, 4) is 0 Å². The number of rotatable bonds is 4. The number of thiazole rings is 1. The third-order valence-corrected chi connectivity index (χ3v) is 7.79. The van der Waals surface area contributed by atoms with Crippen LogP contribution < -0.4 is 0 Å². The van der Waals surface area contributed by atoms with Crippen LogP contribution in [0.2, 0.25) is 0 Å². The van der Waals surface area contributed by atoms with Gasteiger partial charge in [0.1, 0.15) is 5.01 Å². The van der Waals surface area contributed by atoms with Gasteiger partial charge in [0.25, 0.3) is 10.2 Å². The van der Waals surface area contributed by atoms with E-state index in [4.69, 9.17) is 0 Å². The fourth-order valence-corrected chi connectivity index (χ4v) is 5.80. The van der Waals surface area contributed by atoms with Crippen LogP contribution in [0.3, 0.4) is 0 Å². The summed E-state index contributed by atoms with van der Waals surface area (Å²) < 4.78 is 28.4. The van der Waals surface area contributed by atoms with Gasteiger partial charge in [-0.15, -0.1) is 11.3 Å². The first kappa shape index (κ1) is 16.4. The standard InChI is InChI=1S/C15H25N3O2S2/c1-12-7-9-18(10-8-12)22(19,20)17(2)11-15-16-13-5-3-4-6-14(13)21-15/h12H,3-11H2,1-2H3. The predicted molar refractivity (Wildman–Crippen MR) is 89.1 cm³/mol. The Labute approximate surface area is 137 Å². The summed E-state index contributed by atoms with van der Waals surface area (Å²) in [6.45, 7) is 3.87. The Hall–Kier alpha value is -0.500. The van der Waals surface area contributed by atoms with Gasteiger partial charge in [-0.1, -0.05) is 6.92 Å². The lowest BCUT2D eigenvalue weighted by atomic mass is 10.0. The molecule has 0 N–H and O–H groups in total. The van der Waals surface area contributed by atoms with E-state index in [1.165, 1.54) is 27.7 Å². The molecule has 0 amide bonds. The number of aromatic nitrogens is 1. The zero-order chi connectivity index (χ0) is 15.7. The third kappa shape index (κ3) is 3.37. The van der Waals surface area contributed by atoms with Crippen LogP contribution in [0.4, 0.5) is 0 Å². The highest BCUT2D eigenvalue weighted by atomic mass is 32.2. The molecular weight excluding hydrogens is 318 g/mol. The number of hydrogen-bond acceptors (Lipinski definition) is 4. The van der Waals surface area contributed by atoms with E-state index in [1.54, 1.807) is 22.7 Å². The molecule has 0 spiro atoms. The van der Waals surface area contributed by atoms with E-state index in [-0.39, 0.29) is 0 Å². The molecule has 0 bridgehead atoms. The molecule has 5 nitrogen and oxygen atoms in total. The van der Waals surface area contributed by atoms with Crippen LogP contribution >= 0.6 is 11.3 Å². The second-order valence-electron chi connectivity index (χ2n) is 6.53. The molecular formula is C15H25N3O2S2. The molecule has 124 valence electrons. The van der Waals surface area contributed by atoms with Crippen LogP contribution in [-0.4, -0.2) is 42.1 Å². The fourth-order valence-electron chi connectivity index (χ4n) is 3.16. The van der Waals surface area contributed by atoms with Gasteiger partial charge in [-0.05, 0) is 44.4 Å². The van der Waals surface area contributed by atoms with E-state index in [0.717, 1.165) is 30.7 Å². The highest BCUT2D eigenvalue weighted by Gasteiger charge is 2.30. The molecule has 22 heavy (non-hydrogen) atoms. The summed E-state index contributed by atoms with van der Waals surface area (Å²) in [5, 5.41) is 0.934. The molecule has 0 unspecified atom stereocenters. The van der Waals surface area contributed by atoms with E-state index in [0.29, 0.717) is 25.6 Å². The van der Waals surface area contributed by atoms with E-state index in [2.05, 4.69) is 11.9 Å². The van der Waals surface area contributed by atoms with E-state index >= 15 is 0 Å². The molecule has 0 aromatic carbocycles. The van der Waals surface area contributed by atoms with Gasteiger partial charge in [0.15, 0.2) is 0 Å². The molecule has 3 rings (SSSR count). The van der Waals surface area contributed by atoms with Crippen LogP contribution in [0, 0.1) is 5.92 Å². The molecule has 1 aromatic rings. The lowest BCUT2D eigenvalue weighted by Gasteiger charge is -2.32. The summed E-state index contributed by atoms with van der Waals surface area (Å²) in [6, 6.07) is 0. The smallest absolute Gasteiger partial charge is 0.245 e. The van der Waals surface area contributed by atoms with Crippen LogP contribution in [0.15, 0.2) is 0 Å². The topological polar surface area (TPSA) is 53.5 Å². The molecule has 1 saturated heterocycles. The van der Waals surface area contributed by atoms with Gasteiger partial charge < -0.3 is 0 Å². The monoisotopic (exact) mass is 343 g/mol. The lowest BCUT2D eigenvalue weighted by molar-refractivity contribution is 0.269. The Balaban J connectivity index is 1.67. The average Bonchev–Trinajstić information content (AvgIpc) is 2.89. The van der Waals surface area contributed by atoms with E-state index in [1.807, 2.05) is 0 Å². The van der Waals surface area contributed by atoms with Crippen LogP contribution in [0.1, 0.15) is 48.2 Å². The first-order valence-corrected chi connectivity index (χ1v) is 10.4. The minimum absolute atomic E-state index is 0.395. The summed E-state index contributed by atoms with van der Waals surface area (Å²) in [6.07, 6.45) is 6.50. The van der Waals surface area contributed by atoms with Gasteiger partial charge in [0, 0.05) is 25.0 Å². The first-order chi connectivity index (χ1) is 10.5. The predicted octanol–water partition coefficient (Wildman–Crippen LogP) is 2.43. The van der Waals surface area contributed by atoms with Gasteiger partial charge in [0.2, 0.25) is 0 Å². The quantitative estimate of drug-likeness (QED) is 0.844. The van der Waals surface area contributed by atoms with Crippen molar-refractivity contribution in [2.45, 2.75) is 52.0 Å². The molecule has 1 aromatic heterocycles. The van der Waals surface area contributed by atoms with Crippen LogP contribution in [0.5, 0.6) is 0 Å². The Bertz CT molecular complexity index is 595.